The molecule has 0 saturated heterocycles. The molecule has 0 bridgehead atoms. The Bertz CT molecular complexity index is 514. The first-order valence-corrected chi connectivity index (χ1v) is 6.31. The van der Waals surface area contributed by atoms with Gasteiger partial charge in [-0.15, -0.1) is 0 Å². The van der Waals surface area contributed by atoms with Gasteiger partial charge >= 0.3 is 0 Å². The first-order chi connectivity index (χ1) is 8.65. The van der Waals surface area contributed by atoms with Crippen LogP contribution in [0.3, 0.4) is 0 Å². The van der Waals surface area contributed by atoms with Crippen molar-refractivity contribution in [1.82, 2.24) is 9.97 Å². The number of alkyl halides is 2. The molecule has 96 valence electrons. The van der Waals surface area contributed by atoms with Crippen LogP contribution in [-0.2, 0) is 6.54 Å². The number of thioether (sulfide) groups is 1. The van der Waals surface area contributed by atoms with Crippen molar-refractivity contribution in [3.05, 3.63) is 42.0 Å². The Kier molecular flexibility index (Phi) is 4.19. The predicted molar refractivity (Wildman–Crippen MR) is 69.0 cm³/mol. The molecule has 2 rings (SSSR count). The third-order valence-electron chi connectivity index (χ3n) is 2.33. The number of para-hydroxylation sites is 1. The quantitative estimate of drug-likeness (QED) is 0.814. The van der Waals surface area contributed by atoms with E-state index in [-0.39, 0.29) is 0 Å². The lowest BCUT2D eigenvalue weighted by Crippen LogP contribution is -2.01. The fraction of sp³-hybridized carbons (Fsp3) is 0.250. The minimum Gasteiger partial charge on any atom is -0.379 e. The molecule has 0 radical (unpaired) electrons. The summed E-state index contributed by atoms with van der Waals surface area (Å²) < 4.78 is 24.8. The minimum absolute atomic E-state index is 0.529. The first kappa shape index (κ1) is 12.9. The third kappa shape index (κ3) is 3.46. The summed E-state index contributed by atoms with van der Waals surface area (Å²) in [6, 6.07) is 7.03. The van der Waals surface area contributed by atoms with Crippen molar-refractivity contribution in [3.8, 4) is 0 Å². The number of H-pyrrole nitrogens is 1. The highest BCUT2D eigenvalue weighted by Crippen LogP contribution is 2.31. The number of aromatic amines is 1. The van der Waals surface area contributed by atoms with E-state index in [1.807, 2.05) is 13.0 Å². The Balaban J connectivity index is 2.04. The summed E-state index contributed by atoms with van der Waals surface area (Å²) in [4.78, 5) is 7.70. The van der Waals surface area contributed by atoms with Crippen molar-refractivity contribution in [2.45, 2.75) is 24.1 Å². The average molecular weight is 269 g/mol. The van der Waals surface area contributed by atoms with Crippen LogP contribution in [0.2, 0.25) is 0 Å². The first-order valence-electron chi connectivity index (χ1n) is 5.43. The summed E-state index contributed by atoms with van der Waals surface area (Å²) in [5, 5.41) is 3.12. The number of nitrogens with zero attached hydrogens (tertiary/aromatic N) is 1. The van der Waals surface area contributed by atoms with E-state index in [0.717, 1.165) is 11.5 Å². The molecule has 0 saturated carbocycles. The number of anilines is 1. The van der Waals surface area contributed by atoms with Crippen molar-refractivity contribution >= 4 is 17.4 Å². The molecule has 2 aromatic rings. The molecule has 0 fully saturated rings. The number of aryl methyl sites for hydroxylation is 1. The molecule has 0 amide bonds. The van der Waals surface area contributed by atoms with Crippen LogP contribution in [0.5, 0.6) is 0 Å². The molecular weight excluding hydrogens is 256 g/mol. The van der Waals surface area contributed by atoms with Gasteiger partial charge in [0.1, 0.15) is 5.82 Å². The van der Waals surface area contributed by atoms with Crippen LogP contribution in [0.1, 0.15) is 11.5 Å². The molecule has 0 aliphatic carbocycles. The van der Waals surface area contributed by atoms with Crippen LogP contribution < -0.4 is 5.32 Å². The van der Waals surface area contributed by atoms with E-state index in [2.05, 4.69) is 15.3 Å². The van der Waals surface area contributed by atoms with Gasteiger partial charge in [0.05, 0.1) is 18.4 Å². The average Bonchev–Trinajstić information content (AvgIpc) is 2.73. The lowest BCUT2D eigenvalue weighted by atomic mass is 10.3. The lowest BCUT2D eigenvalue weighted by Gasteiger charge is -2.10. The lowest BCUT2D eigenvalue weighted by molar-refractivity contribution is 0.252. The van der Waals surface area contributed by atoms with Gasteiger partial charge in [-0.1, -0.05) is 23.9 Å². The number of imidazole rings is 1. The fourth-order valence-electron chi connectivity index (χ4n) is 1.56. The van der Waals surface area contributed by atoms with Crippen LogP contribution in [0.15, 0.2) is 35.4 Å². The van der Waals surface area contributed by atoms with Crippen LogP contribution in [-0.4, -0.2) is 15.7 Å². The maximum Gasteiger partial charge on any atom is 0.288 e. The molecule has 18 heavy (non-hydrogen) atoms. The van der Waals surface area contributed by atoms with Crippen molar-refractivity contribution in [1.29, 1.82) is 0 Å². The molecule has 0 aliphatic heterocycles. The Hall–Kier alpha value is -1.56. The molecular formula is C12H13F2N3S. The van der Waals surface area contributed by atoms with E-state index in [9.17, 15) is 8.78 Å². The third-order valence-corrected chi connectivity index (χ3v) is 3.12. The molecule has 6 heteroatoms. The zero-order valence-corrected chi connectivity index (χ0v) is 10.6. The summed E-state index contributed by atoms with van der Waals surface area (Å²) >= 11 is 0.544. The van der Waals surface area contributed by atoms with E-state index in [0.29, 0.717) is 28.9 Å². The Morgan fingerprint density at radius 3 is 2.83 bits per heavy atom. The number of hydrogen-bond donors (Lipinski definition) is 2. The number of hydrogen-bond acceptors (Lipinski definition) is 3. The van der Waals surface area contributed by atoms with Gasteiger partial charge < -0.3 is 10.3 Å². The molecule has 0 atom stereocenters. The van der Waals surface area contributed by atoms with Crippen molar-refractivity contribution in [2.24, 2.45) is 0 Å². The molecule has 1 aromatic carbocycles. The Labute approximate surface area is 108 Å². The monoisotopic (exact) mass is 269 g/mol. The molecule has 0 aliphatic rings. The Morgan fingerprint density at radius 1 is 1.39 bits per heavy atom. The zero-order chi connectivity index (χ0) is 13.0. The second-order valence-electron chi connectivity index (χ2n) is 3.72. The van der Waals surface area contributed by atoms with Gasteiger partial charge in [0.25, 0.3) is 5.76 Å². The van der Waals surface area contributed by atoms with E-state index in [1.165, 1.54) is 0 Å². The Morgan fingerprint density at radius 2 is 2.17 bits per heavy atom. The maximum atomic E-state index is 12.4. The summed E-state index contributed by atoms with van der Waals surface area (Å²) in [5.74, 6) is -1.58. The largest absolute Gasteiger partial charge is 0.379 e. The minimum atomic E-state index is -2.41. The van der Waals surface area contributed by atoms with Crippen LogP contribution in [0.25, 0.3) is 0 Å². The van der Waals surface area contributed by atoms with Gasteiger partial charge in [-0.3, -0.25) is 0 Å². The van der Waals surface area contributed by atoms with Gasteiger partial charge in [0.2, 0.25) is 0 Å². The van der Waals surface area contributed by atoms with Crippen LogP contribution in [0.4, 0.5) is 14.5 Å². The molecule has 0 spiro atoms. The highest BCUT2D eigenvalue weighted by Gasteiger charge is 2.09. The van der Waals surface area contributed by atoms with E-state index in [4.69, 9.17) is 0 Å². The normalized spacial score (nSPS) is 10.9. The number of aromatic nitrogens is 2. The summed E-state index contributed by atoms with van der Waals surface area (Å²) in [5.41, 5.74) is 1.62. The topological polar surface area (TPSA) is 40.7 Å². The second kappa shape index (κ2) is 5.86. The standard InChI is InChI=1S/C12H13F2N3S/c1-8-15-6-9(17-8)7-16-10-4-2-3-5-11(10)18-12(13)14/h2-6,12,16H,7H2,1H3,(H,15,17). The van der Waals surface area contributed by atoms with Crippen molar-refractivity contribution in [2.75, 3.05) is 5.32 Å². The summed E-state index contributed by atoms with van der Waals surface area (Å²) in [7, 11) is 0. The molecule has 1 heterocycles. The van der Waals surface area contributed by atoms with Gasteiger partial charge in [-0.2, -0.15) is 8.78 Å². The van der Waals surface area contributed by atoms with Crippen molar-refractivity contribution in [3.63, 3.8) is 0 Å². The summed E-state index contributed by atoms with van der Waals surface area (Å²) in [6.45, 7) is 2.39. The number of rotatable bonds is 5. The van der Waals surface area contributed by atoms with Crippen LogP contribution >= 0.6 is 11.8 Å². The predicted octanol–water partition coefficient (Wildman–Crippen LogP) is 3.64. The van der Waals surface area contributed by atoms with Crippen LogP contribution in [0, 0.1) is 6.92 Å². The second-order valence-corrected chi connectivity index (χ2v) is 4.75. The van der Waals surface area contributed by atoms with Gasteiger partial charge in [0, 0.05) is 10.6 Å². The molecule has 1 aromatic heterocycles. The molecule has 0 unspecified atom stereocenters. The van der Waals surface area contributed by atoms with Gasteiger partial charge in [-0.05, 0) is 19.1 Å². The van der Waals surface area contributed by atoms with Crippen molar-refractivity contribution < 1.29 is 8.78 Å². The number of benzene rings is 1. The zero-order valence-electron chi connectivity index (χ0n) is 9.78. The number of nitrogens with one attached hydrogen (secondary N) is 2. The van der Waals surface area contributed by atoms with E-state index in [1.54, 1.807) is 24.4 Å². The maximum absolute atomic E-state index is 12.4. The molecule has 3 nitrogen and oxygen atoms in total. The SMILES string of the molecule is Cc1ncc(CNc2ccccc2SC(F)F)[nH]1. The highest BCUT2D eigenvalue weighted by molar-refractivity contribution is 7.99. The van der Waals surface area contributed by atoms with Gasteiger partial charge in [0.15, 0.2) is 0 Å². The van der Waals surface area contributed by atoms with Gasteiger partial charge in [-0.25, -0.2) is 4.98 Å². The van der Waals surface area contributed by atoms with E-state index < -0.39 is 5.76 Å². The summed E-state index contributed by atoms with van der Waals surface area (Å²) in [6.07, 6.45) is 1.73. The highest BCUT2D eigenvalue weighted by atomic mass is 32.2. The fourth-order valence-corrected chi connectivity index (χ4v) is 2.18. The number of halogens is 2. The molecule has 2 N–H and O–H groups in total. The van der Waals surface area contributed by atoms with E-state index >= 15 is 0 Å². The smallest absolute Gasteiger partial charge is 0.288 e.